The lowest BCUT2D eigenvalue weighted by atomic mass is 10.1. The number of aromatic nitrogens is 2. The molecule has 1 atom stereocenters. The molecule has 0 bridgehead atoms. The largest absolute Gasteiger partial charge is 0.367 e. The molecule has 142 valence electrons. The van der Waals surface area contributed by atoms with E-state index in [9.17, 15) is 0 Å². The molecule has 4 heterocycles. The number of pyridine rings is 2. The second-order valence-corrected chi connectivity index (χ2v) is 7.57. The Bertz CT molecular complexity index is 1070. The highest BCUT2D eigenvalue weighted by molar-refractivity contribution is 6.03. The van der Waals surface area contributed by atoms with Gasteiger partial charge in [0.1, 0.15) is 5.84 Å². The van der Waals surface area contributed by atoms with Gasteiger partial charge in [0.05, 0.1) is 28.6 Å². The third-order valence-corrected chi connectivity index (χ3v) is 5.57. The molecule has 6 heteroatoms. The molecule has 6 nitrogen and oxygen atoms in total. The number of aliphatic imine (C=N–C) groups is 1. The van der Waals surface area contributed by atoms with Crippen LogP contribution in [0.5, 0.6) is 0 Å². The molecule has 5 rings (SSSR count). The topological polar surface area (TPSA) is 65.4 Å². The average molecular weight is 372 g/mol. The van der Waals surface area contributed by atoms with Crippen LogP contribution >= 0.6 is 0 Å². The molecule has 0 saturated carbocycles. The van der Waals surface area contributed by atoms with Crippen LogP contribution in [0.3, 0.4) is 0 Å². The predicted octanol–water partition coefficient (Wildman–Crippen LogP) is 3.09. The maximum Gasteiger partial charge on any atom is 0.105 e. The zero-order valence-electron chi connectivity index (χ0n) is 16.2. The molecule has 2 aromatic heterocycles. The molecule has 28 heavy (non-hydrogen) atoms. The zero-order chi connectivity index (χ0) is 19.1. The lowest BCUT2D eigenvalue weighted by molar-refractivity contribution is 0.484. The lowest BCUT2D eigenvalue weighted by Crippen LogP contribution is -2.49. The minimum Gasteiger partial charge on any atom is -0.367 e. The van der Waals surface area contributed by atoms with Crippen molar-refractivity contribution in [2.45, 2.75) is 19.4 Å². The van der Waals surface area contributed by atoms with Gasteiger partial charge >= 0.3 is 0 Å². The van der Waals surface area contributed by atoms with Crippen molar-refractivity contribution in [1.82, 2.24) is 15.3 Å². The molecule has 1 saturated heterocycles. The summed E-state index contributed by atoms with van der Waals surface area (Å²) in [5.74, 6) is 1.01. The summed E-state index contributed by atoms with van der Waals surface area (Å²) in [6.07, 6.45) is 2.83. The summed E-state index contributed by atoms with van der Waals surface area (Å²) in [5.41, 5.74) is 7.48. The average Bonchev–Trinajstić information content (AvgIpc) is 3.15. The number of piperazine rings is 1. The Morgan fingerprint density at radius 2 is 2.07 bits per heavy atom. The van der Waals surface area contributed by atoms with Crippen LogP contribution in [-0.4, -0.2) is 48.5 Å². The fourth-order valence-corrected chi connectivity index (χ4v) is 4.02. The Morgan fingerprint density at radius 1 is 1.14 bits per heavy atom. The van der Waals surface area contributed by atoms with Crippen LogP contribution in [0, 0.1) is 0 Å². The molecule has 1 unspecified atom stereocenters. The van der Waals surface area contributed by atoms with Crippen LogP contribution in [0.2, 0.25) is 0 Å². The first-order valence-corrected chi connectivity index (χ1v) is 9.81. The SMILES string of the molecule is CN=C1Cc2ccc(-c3ccc4ncc(N5CCNC(C)C5)cc4n3)cc2N1. The first-order chi connectivity index (χ1) is 13.7. The van der Waals surface area contributed by atoms with Crippen molar-refractivity contribution in [3.63, 3.8) is 0 Å². The number of rotatable bonds is 2. The summed E-state index contributed by atoms with van der Waals surface area (Å²) in [6.45, 7) is 5.20. The van der Waals surface area contributed by atoms with Gasteiger partial charge in [-0.25, -0.2) is 4.98 Å². The van der Waals surface area contributed by atoms with Crippen LogP contribution in [0.25, 0.3) is 22.3 Å². The summed E-state index contributed by atoms with van der Waals surface area (Å²) >= 11 is 0. The number of nitrogens with zero attached hydrogens (tertiary/aromatic N) is 4. The van der Waals surface area contributed by atoms with Gasteiger partial charge in [-0.05, 0) is 36.8 Å². The Balaban J connectivity index is 1.49. The van der Waals surface area contributed by atoms with Gasteiger partial charge in [0, 0.05) is 50.4 Å². The normalized spacial score (nSPS) is 20.4. The molecule has 2 aliphatic heterocycles. The van der Waals surface area contributed by atoms with Gasteiger partial charge in [0.2, 0.25) is 0 Å². The van der Waals surface area contributed by atoms with E-state index in [4.69, 9.17) is 4.98 Å². The molecule has 0 aliphatic carbocycles. The molecular formula is C22H24N6. The first-order valence-electron chi connectivity index (χ1n) is 9.81. The van der Waals surface area contributed by atoms with Crippen molar-refractivity contribution in [2.75, 3.05) is 36.9 Å². The van der Waals surface area contributed by atoms with E-state index in [0.29, 0.717) is 6.04 Å². The molecule has 0 amide bonds. The number of amidine groups is 1. The Hall–Kier alpha value is -2.99. The molecule has 0 spiro atoms. The smallest absolute Gasteiger partial charge is 0.105 e. The van der Waals surface area contributed by atoms with E-state index in [-0.39, 0.29) is 0 Å². The number of fused-ring (bicyclic) bond motifs is 2. The molecule has 0 radical (unpaired) electrons. The van der Waals surface area contributed by atoms with Crippen LogP contribution in [0.4, 0.5) is 11.4 Å². The Morgan fingerprint density at radius 3 is 2.93 bits per heavy atom. The van der Waals surface area contributed by atoms with E-state index in [1.807, 2.05) is 19.3 Å². The summed E-state index contributed by atoms with van der Waals surface area (Å²) in [4.78, 5) is 16.2. The molecule has 2 N–H and O–H groups in total. The van der Waals surface area contributed by atoms with E-state index in [0.717, 1.165) is 65.6 Å². The fraction of sp³-hybridized carbons (Fsp3) is 0.318. The highest BCUT2D eigenvalue weighted by Gasteiger charge is 2.18. The quantitative estimate of drug-likeness (QED) is 0.724. The van der Waals surface area contributed by atoms with Gasteiger partial charge in [-0.3, -0.25) is 9.98 Å². The van der Waals surface area contributed by atoms with Crippen LogP contribution in [0.1, 0.15) is 12.5 Å². The van der Waals surface area contributed by atoms with Crippen molar-refractivity contribution < 1.29 is 0 Å². The maximum absolute atomic E-state index is 4.92. The number of hydrogen-bond donors (Lipinski definition) is 2. The first kappa shape index (κ1) is 17.1. The standard InChI is InChI=1S/C22H24N6/c1-14-13-28(8-7-24-14)17-11-21-19(25-12-17)6-5-18(26-21)15-3-4-16-10-22(23-2)27-20(16)9-15/h3-6,9,11-12,14,24H,7-8,10,13H2,1-2H3,(H,23,27). The predicted molar refractivity (Wildman–Crippen MR) is 115 cm³/mol. The van der Waals surface area contributed by atoms with E-state index in [1.54, 1.807) is 0 Å². The van der Waals surface area contributed by atoms with Gasteiger partial charge in [-0.2, -0.15) is 0 Å². The number of nitrogens with one attached hydrogen (secondary N) is 2. The van der Waals surface area contributed by atoms with Crippen LogP contribution in [0.15, 0.2) is 47.6 Å². The third-order valence-electron chi connectivity index (χ3n) is 5.57. The summed E-state index contributed by atoms with van der Waals surface area (Å²) in [6, 6.07) is 13.2. The van der Waals surface area contributed by atoms with Gasteiger partial charge < -0.3 is 15.5 Å². The van der Waals surface area contributed by atoms with E-state index in [1.165, 1.54) is 5.56 Å². The second-order valence-electron chi connectivity index (χ2n) is 7.57. The van der Waals surface area contributed by atoms with Crippen molar-refractivity contribution >= 4 is 28.2 Å². The van der Waals surface area contributed by atoms with Gasteiger partial charge in [-0.1, -0.05) is 12.1 Å². The highest BCUT2D eigenvalue weighted by atomic mass is 15.2. The van der Waals surface area contributed by atoms with E-state index < -0.39 is 0 Å². The van der Waals surface area contributed by atoms with Crippen molar-refractivity contribution in [3.8, 4) is 11.3 Å². The number of hydrogen-bond acceptors (Lipinski definition) is 5. The zero-order valence-corrected chi connectivity index (χ0v) is 16.2. The maximum atomic E-state index is 4.92. The monoisotopic (exact) mass is 372 g/mol. The Kier molecular flexibility index (Phi) is 4.20. The van der Waals surface area contributed by atoms with E-state index >= 15 is 0 Å². The number of anilines is 2. The minimum atomic E-state index is 0.485. The van der Waals surface area contributed by atoms with Gasteiger partial charge in [0.15, 0.2) is 0 Å². The second kappa shape index (κ2) is 6.87. The third kappa shape index (κ3) is 3.10. The summed E-state index contributed by atoms with van der Waals surface area (Å²) in [7, 11) is 1.82. The van der Waals surface area contributed by atoms with Crippen LogP contribution < -0.4 is 15.5 Å². The van der Waals surface area contributed by atoms with Crippen molar-refractivity contribution in [1.29, 1.82) is 0 Å². The Labute approximate surface area is 164 Å². The van der Waals surface area contributed by atoms with Crippen molar-refractivity contribution in [3.05, 3.63) is 48.2 Å². The minimum absolute atomic E-state index is 0.485. The van der Waals surface area contributed by atoms with E-state index in [2.05, 4.69) is 62.8 Å². The molecule has 1 fully saturated rings. The lowest BCUT2D eigenvalue weighted by Gasteiger charge is -2.33. The molecule has 2 aliphatic rings. The molecular weight excluding hydrogens is 348 g/mol. The van der Waals surface area contributed by atoms with Crippen molar-refractivity contribution in [2.24, 2.45) is 4.99 Å². The highest BCUT2D eigenvalue weighted by Crippen LogP contribution is 2.30. The molecule has 1 aromatic carbocycles. The summed E-state index contributed by atoms with van der Waals surface area (Å²) in [5, 5.41) is 6.87. The molecule has 3 aromatic rings. The number of benzene rings is 1. The van der Waals surface area contributed by atoms with Gasteiger partial charge in [0.25, 0.3) is 0 Å². The summed E-state index contributed by atoms with van der Waals surface area (Å²) < 4.78 is 0. The fourth-order valence-electron chi connectivity index (χ4n) is 4.02. The van der Waals surface area contributed by atoms with Gasteiger partial charge in [-0.15, -0.1) is 0 Å². The van der Waals surface area contributed by atoms with Crippen LogP contribution in [-0.2, 0) is 6.42 Å².